The van der Waals surface area contributed by atoms with E-state index in [4.69, 9.17) is 9.15 Å². The van der Waals surface area contributed by atoms with Gasteiger partial charge >= 0.3 is 0 Å². The minimum atomic E-state index is -0.183. The van der Waals surface area contributed by atoms with E-state index in [9.17, 15) is 4.79 Å². The number of furan rings is 1. The van der Waals surface area contributed by atoms with Gasteiger partial charge in [0.05, 0.1) is 19.4 Å². The molecule has 5 heteroatoms. The molecule has 0 aliphatic carbocycles. The molecule has 2 aromatic rings. The Kier molecular flexibility index (Phi) is 6.44. The Bertz CT molecular complexity index is 662. The molecule has 0 fully saturated rings. The van der Waals surface area contributed by atoms with Crippen LogP contribution in [-0.4, -0.2) is 37.6 Å². The fourth-order valence-electron chi connectivity index (χ4n) is 2.85. The monoisotopic (exact) mass is 330 g/mol. The van der Waals surface area contributed by atoms with Crippen LogP contribution in [0.2, 0.25) is 0 Å². The minimum absolute atomic E-state index is 0.0781. The van der Waals surface area contributed by atoms with Crippen molar-refractivity contribution in [2.24, 2.45) is 0 Å². The molecule has 1 aromatic heterocycles. The maximum absolute atomic E-state index is 12.3. The normalized spacial score (nSPS) is 12.2. The molecule has 0 bridgehead atoms. The van der Waals surface area contributed by atoms with Gasteiger partial charge < -0.3 is 14.5 Å². The lowest BCUT2D eigenvalue weighted by atomic mass is 10.0. The third-order valence-electron chi connectivity index (χ3n) is 4.26. The van der Waals surface area contributed by atoms with Crippen LogP contribution in [-0.2, 0) is 0 Å². The highest BCUT2D eigenvalue weighted by Gasteiger charge is 2.21. The molecule has 24 heavy (non-hydrogen) atoms. The van der Waals surface area contributed by atoms with Crippen LogP contribution in [0.1, 0.15) is 41.6 Å². The number of nitrogens with zero attached hydrogens (tertiary/aromatic N) is 1. The topological polar surface area (TPSA) is 54.7 Å². The average molecular weight is 330 g/mol. The lowest BCUT2D eigenvalue weighted by Gasteiger charge is -2.30. The fraction of sp³-hybridized carbons (Fsp3) is 0.421. The molecule has 1 heterocycles. The van der Waals surface area contributed by atoms with Crippen LogP contribution in [0.4, 0.5) is 0 Å². The molecule has 1 aromatic carbocycles. The Balaban J connectivity index is 2.17. The fourth-order valence-corrected chi connectivity index (χ4v) is 2.85. The molecule has 1 amide bonds. The molecule has 1 unspecified atom stereocenters. The molecule has 1 N–H and O–H groups in total. The zero-order valence-electron chi connectivity index (χ0n) is 14.8. The highest BCUT2D eigenvalue weighted by molar-refractivity contribution is 5.92. The average Bonchev–Trinajstić information content (AvgIpc) is 3.04. The van der Waals surface area contributed by atoms with Gasteiger partial charge in [0.15, 0.2) is 5.76 Å². The summed E-state index contributed by atoms with van der Waals surface area (Å²) in [6, 6.07) is 9.85. The number of rotatable bonds is 8. The number of aryl methyl sites for hydroxylation is 1. The first kappa shape index (κ1) is 18.1. The van der Waals surface area contributed by atoms with Crippen molar-refractivity contribution in [3.05, 3.63) is 53.5 Å². The van der Waals surface area contributed by atoms with Gasteiger partial charge in [0.1, 0.15) is 5.75 Å². The molecule has 1 atom stereocenters. The van der Waals surface area contributed by atoms with Crippen molar-refractivity contribution in [3.63, 3.8) is 0 Å². The predicted molar refractivity (Wildman–Crippen MR) is 94.4 cm³/mol. The summed E-state index contributed by atoms with van der Waals surface area (Å²) in [5.41, 5.74) is 1.96. The molecule has 2 rings (SSSR count). The Hall–Kier alpha value is -2.27. The van der Waals surface area contributed by atoms with E-state index < -0.39 is 0 Å². The van der Waals surface area contributed by atoms with E-state index in [0.29, 0.717) is 12.3 Å². The summed E-state index contributed by atoms with van der Waals surface area (Å²) in [6.07, 6.45) is 1.54. The van der Waals surface area contributed by atoms with E-state index in [2.05, 4.69) is 30.1 Å². The summed E-state index contributed by atoms with van der Waals surface area (Å²) in [5, 5.41) is 3.00. The summed E-state index contributed by atoms with van der Waals surface area (Å²) in [5.74, 6) is 1.01. The molecular weight excluding hydrogens is 304 g/mol. The van der Waals surface area contributed by atoms with Gasteiger partial charge in [-0.25, -0.2) is 0 Å². The van der Waals surface area contributed by atoms with E-state index in [1.54, 1.807) is 13.2 Å². The summed E-state index contributed by atoms with van der Waals surface area (Å²) in [4.78, 5) is 14.6. The molecule has 0 aliphatic heterocycles. The first-order valence-electron chi connectivity index (χ1n) is 8.31. The van der Waals surface area contributed by atoms with Crippen LogP contribution < -0.4 is 10.1 Å². The highest BCUT2D eigenvalue weighted by atomic mass is 16.5. The summed E-state index contributed by atoms with van der Waals surface area (Å²) in [6.45, 7) is 8.41. The number of ether oxygens (including phenoxy) is 1. The Morgan fingerprint density at radius 2 is 2.04 bits per heavy atom. The third kappa shape index (κ3) is 4.17. The number of benzene rings is 1. The highest BCUT2D eigenvalue weighted by Crippen LogP contribution is 2.24. The number of hydrogen-bond donors (Lipinski definition) is 1. The van der Waals surface area contributed by atoms with Crippen molar-refractivity contribution in [1.29, 1.82) is 0 Å². The molecule has 0 spiro atoms. The van der Waals surface area contributed by atoms with Gasteiger partial charge in [0.2, 0.25) is 0 Å². The maximum Gasteiger partial charge on any atom is 0.287 e. The van der Waals surface area contributed by atoms with E-state index in [1.807, 2.05) is 25.1 Å². The number of hydrogen-bond acceptors (Lipinski definition) is 4. The zero-order chi connectivity index (χ0) is 17.5. The second kappa shape index (κ2) is 8.55. The van der Waals surface area contributed by atoms with Gasteiger partial charge in [0, 0.05) is 12.1 Å². The molecule has 0 aliphatic rings. The molecule has 5 nitrogen and oxygen atoms in total. The van der Waals surface area contributed by atoms with Crippen LogP contribution >= 0.6 is 0 Å². The van der Waals surface area contributed by atoms with Crippen molar-refractivity contribution in [2.45, 2.75) is 26.8 Å². The first-order valence-corrected chi connectivity index (χ1v) is 8.31. The van der Waals surface area contributed by atoms with Crippen molar-refractivity contribution >= 4 is 5.91 Å². The van der Waals surface area contributed by atoms with Crippen LogP contribution in [0.3, 0.4) is 0 Å². The number of methoxy groups -OCH3 is 1. The minimum Gasteiger partial charge on any atom is -0.497 e. The third-order valence-corrected chi connectivity index (χ3v) is 4.26. The van der Waals surface area contributed by atoms with Gasteiger partial charge in [-0.05, 0) is 43.8 Å². The second-order valence-corrected chi connectivity index (χ2v) is 5.66. The molecular formula is C19H26N2O3. The van der Waals surface area contributed by atoms with E-state index in [1.165, 1.54) is 6.26 Å². The van der Waals surface area contributed by atoms with Crippen LogP contribution in [0.15, 0.2) is 41.0 Å². The zero-order valence-corrected chi connectivity index (χ0v) is 14.8. The van der Waals surface area contributed by atoms with Crippen LogP contribution in [0, 0.1) is 6.92 Å². The van der Waals surface area contributed by atoms with E-state index in [0.717, 1.165) is 30.0 Å². The van der Waals surface area contributed by atoms with Gasteiger partial charge in [0.25, 0.3) is 5.91 Å². The quantitative estimate of drug-likeness (QED) is 0.806. The second-order valence-electron chi connectivity index (χ2n) is 5.66. The predicted octanol–water partition coefficient (Wildman–Crippen LogP) is 3.41. The van der Waals surface area contributed by atoms with Gasteiger partial charge in [-0.3, -0.25) is 9.69 Å². The molecule has 0 saturated heterocycles. The smallest absolute Gasteiger partial charge is 0.287 e. The van der Waals surface area contributed by atoms with E-state index >= 15 is 0 Å². The number of carbonyl (C=O) groups is 1. The van der Waals surface area contributed by atoms with Gasteiger partial charge in [-0.1, -0.05) is 26.0 Å². The molecule has 0 radical (unpaired) electrons. The summed E-state index contributed by atoms with van der Waals surface area (Å²) < 4.78 is 10.6. The van der Waals surface area contributed by atoms with Crippen molar-refractivity contribution < 1.29 is 13.9 Å². The number of carbonyl (C=O) groups excluding carboxylic acids is 1. The molecule has 0 saturated carbocycles. The number of nitrogens with one attached hydrogen (secondary N) is 1. The standard InChI is InChI=1S/C19H26N2O3/c1-5-21(6-2)17(15-8-7-9-16(12-15)23-4)13-20-19(22)18-14(3)10-11-24-18/h7-12,17H,5-6,13H2,1-4H3,(H,20,22). The van der Waals surface area contributed by atoms with Gasteiger partial charge in [-0.2, -0.15) is 0 Å². The van der Waals surface area contributed by atoms with Crippen molar-refractivity contribution in [2.75, 3.05) is 26.7 Å². The van der Waals surface area contributed by atoms with Crippen molar-refractivity contribution in [3.8, 4) is 5.75 Å². The lowest BCUT2D eigenvalue weighted by Crippen LogP contribution is -2.38. The van der Waals surface area contributed by atoms with Gasteiger partial charge in [-0.15, -0.1) is 0 Å². The lowest BCUT2D eigenvalue weighted by molar-refractivity contribution is 0.0906. The summed E-state index contributed by atoms with van der Waals surface area (Å²) >= 11 is 0. The van der Waals surface area contributed by atoms with Crippen LogP contribution in [0.5, 0.6) is 5.75 Å². The SMILES string of the molecule is CCN(CC)C(CNC(=O)c1occc1C)c1cccc(OC)c1. The number of amides is 1. The Morgan fingerprint density at radius 1 is 1.29 bits per heavy atom. The van der Waals surface area contributed by atoms with Crippen LogP contribution in [0.25, 0.3) is 0 Å². The number of likely N-dealkylation sites (N-methyl/N-ethyl adjacent to an activating group) is 1. The Labute approximate surface area is 143 Å². The molecule has 130 valence electrons. The van der Waals surface area contributed by atoms with Crippen molar-refractivity contribution in [1.82, 2.24) is 10.2 Å². The largest absolute Gasteiger partial charge is 0.497 e. The first-order chi connectivity index (χ1) is 11.6. The van der Waals surface area contributed by atoms with E-state index in [-0.39, 0.29) is 11.9 Å². The summed E-state index contributed by atoms with van der Waals surface area (Å²) in [7, 11) is 1.66. The maximum atomic E-state index is 12.3. The Morgan fingerprint density at radius 3 is 2.62 bits per heavy atom.